The third-order valence-electron chi connectivity index (χ3n) is 5.99. The molecular weight excluding hydrogens is 288 g/mol. The molecule has 2 fully saturated rings. The van der Waals surface area contributed by atoms with Gasteiger partial charge in [0.25, 0.3) is 5.78 Å². The first-order valence-electron chi connectivity index (χ1n) is 8.96. The molecule has 2 aliphatic heterocycles. The number of carbonyl (C=O) groups excluding carboxylic acids is 2. The van der Waals surface area contributed by atoms with E-state index in [1.165, 1.54) is 43.4 Å². The van der Waals surface area contributed by atoms with Crippen LogP contribution >= 0.6 is 0 Å². The van der Waals surface area contributed by atoms with Gasteiger partial charge in [0.15, 0.2) is 6.67 Å². The number of fused-ring (bicyclic) bond motifs is 2. The highest BCUT2D eigenvalue weighted by Gasteiger charge is 2.42. The number of quaternary nitrogens is 1. The number of benzene rings is 1. The molecule has 1 aromatic rings. The zero-order valence-corrected chi connectivity index (χ0v) is 13.8. The summed E-state index contributed by atoms with van der Waals surface area (Å²) in [5, 5.41) is 0. The Morgan fingerprint density at radius 2 is 1.91 bits per heavy atom. The predicted molar refractivity (Wildman–Crippen MR) is 88.7 cm³/mol. The number of piperidine rings is 1. The number of nitrogens with zero attached hydrogens (tertiary/aromatic N) is 1. The molecule has 4 nitrogen and oxygen atoms in total. The second-order valence-electron chi connectivity index (χ2n) is 7.44. The molecule has 1 unspecified atom stereocenters. The van der Waals surface area contributed by atoms with Gasteiger partial charge in [-0.25, -0.2) is 0 Å². The lowest BCUT2D eigenvalue weighted by atomic mass is 9.78. The van der Waals surface area contributed by atoms with Crippen LogP contribution in [0.1, 0.15) is 54.4 Å². The minimum atomic E-state index is -0.337. The number of aryl methyl sites for hydroxylation is 1. The van der Waals surface area contributed by atoms with E-state index in [9.17, 15) is 9.59 Å². The minimum absolute atomic E-state index is 0.333. The van der Waals surface area contributed by atoms with E-state index in [1.807, 2.05) is 25.1 Å². The van der Waals surface area contributed by atoms with E-state index >= 15 is 0 Å². The standard InChI is InChI=1S/C19H24N2O2/c1-13-8-9-17-15(11-13)18(22)19(23)21(17)12-20-10-4-6-14-5-2-3-7-16(14)20/h8-9,11,14,16H,2-7,10,12H2,1H3/p+1/t14-,16-/m0/s1. The number of likely N-dealkylation sites (tertiary alicyclic amines) is 1. The number of rotatable bonds is 2. The van der Waals surface area contributed by atoms with Gasteiger partial charge in [0.05, 0.1) is 23.8 Å². The van der Waals surface area contributed by atoms with Crippen molar-refractivity contribution in [2.75, 3.05) is 18.1 Å². The number of ketones is 1. The van der Waals surface area contributed by atoms with Crippen LogP contribution in [-0.2, 0) is 4.79 Å². The molecule has 1 aromatic carbocycles. The van der Waals surface area contributed by atoms with Crippen LogP contribution in [0.4, 0.5) is 5.69 Å². The molecule has 4 heteroatoms. The van der Waals surface area contributed by atoms with E-state index in [0.717, 1.165) is 23.7 Å². The molecule has 1 aliphatic carbocycles. The molecule has 23 heavy (non-hydrogen) atoms. The molecule has 0 radical (unpaired) electrons. The summed E-state index contributed by atoms with van der Waals surface area (Å²) in [6.45, 7) is 3.74. The molecule has 0 bridgehead atoms. The Hall–Kier alpha value is -1.68. The third kappa shape index (κ3) is 2.49. The largest absolute Gasteiger partial charge is 0.315 e. The second kappa shape index (κ2) is 5.75. The lowest BCUT2D eigenvalue weighted by Gasteiger charge is -2.42. The number of anilines is 1. The number of Topliss-reactive ketones (excluding diaryl/α,β-unsaturated/α-hetero) is 1. The highest BCUT2D eigenvalue weighted by molar-refractivity contribution is 6.52. The fourth-order valence-corrected chi connectivity index (χ4v) is 4.84. The van der Waals surface area contributed by atoms with Gasteiger partial charge in [0, 0.05) is 5.92 Å². The van der Waals surface area contributed by atoms with Crippen LogP contribution in [0.2, 0.25) is 0 Å². The summed E-state index contributed by atoms with van der Waals surface area (Å²) in [4.78, 5) is 28.0. The first kappa shape index (κ1) is 14.9. The maximum atomic E-state index is 12.5. The molecule has 1 saturated heterocycles. The fraction of sp³-hybridized carbons (Fsp3) is 0.579. The molecule has 1 N–H and O–H groups in total. The lowest BCUT2D eigenvalue weighted by molar-refractivity contribution is -0.935. The van der Waals surface area contributed by atoms with E-state index in [4.69, 9.17) is 0 Å². The van der Waals surface area contributed by atoms with Crippen LogP contribution in [0, 0.1) is 12.8 Å². The zero-order valence-electron chi connectivity index (χ0n) is 13.8. The van der Waals surface area contributed by atoms with Gasteiger partial charge in [-0.1, -0.05) is 18.1 Å². The van der Waals surface area contributed by atoms with Crippen molar-refractivity contribution in [3.8, 4) is 0 Å². The molecule has 0 aromatic heterocycles. The van der Waals surface area contributed by atoms with E-state index in [0.29, 0.717) is 18.3 Å². The van der Waals surface area contributed by atoms with Crippen LogP contribution in [0.15, 0.2) is 18.2 Å². The van der Waals surface area contributed by atoms with Gasteiger partial charge in [-0.2, -0.15) is 0 Å². The lowest BCUT2D eigenvalue weighted by Crippen LogP contribution is -3.19. The van der Waals surface area contributed by atoms with Crippen molar-refractivity contribution in [3.05, 3.63) is 29.3 Å². The Labute approximate surface area is 137 Å². The van der Waals surface area contributed by atoms with Gasteiger partial charge in [-0.15, -0.1) is 0 Å². The van der Waals surface area contributed by atoms with Crippen LogP contribution in [0.3, 0.4) is 0 Å². The van der Waals surface area contributed by atoms with E-state index < -0.39 is 0 Å². The summed E-state index contributed by atoms with van der Waals surface area (Å²) in [6, 6.07) is 6.46. The quantitative estimate of drug-likeness (QED) is 0.845. The minimum Gasteiger partial charge on any atom is -0.315 e. The van der Waals surface area contributed by atoms with Gasteiger partial charge in [0.1, 0.15) is 0 Å². The van der Waals surface area contributed by atoms with Gasteiger partial charge < -0.3 is 4.90 Å². The van der Waals surface area contributed by atoms with Crippen LogP contribution in [0.25, 0.3) is 0 Å². The average Bonchev–Trinajstić information content (AvgIpc) is 2.80. The summed E-state index contributed by atoms with van der Waals surface area (Å²) < 4.78 is 0. The van der Waals surface area contributed by atoms with Crippen molar-refractivity contribution >= 4 is 17.4 Å². The predicted octanol–water partition coefficient (Wildman–Crippen LogP) is 1.72. The van der Waals surface area contributed by atoms with E-state index in [-0.39, 0.29) is 11.7 Å². The number of hydrogen-bond acceptors (Lipinski definition) is 2. The Morgan fingerprint density at radius 3 is 2.78 bits per heavy atom. The van der Waals surface area contributed by atoms with Crippen molar-refractivity contribution in [3.63, 3.8) is 0 Å². The molecule has 2 heterocycles. The molecule has 1 amide bonds. The van der Waals surface area contributed by atoms with Crippen molar-refractivity contribution in [1.29, 1.82) is 0 Å². The van der Waals surface area contributed by atoms with Crippen LogP contribution in [0.5, 0.6) is 0 Å². The average molecular weight is 313 g/mol. The van der Waals surface area contributed by atoms with Crippen molar-refractivity contribution in [1.82, 2.24) is 0 Å². The molecule has 1 saturated carbocycles. The van der Waals surface area contributed by atoms with Gasteiger partial charge in [0.2, 0.25) is 0 Å². The van der Waals surface area contributed by atoms with Crippen molar-refractivity contribution < 1.29 is 14.5 Å². The van der Waals surface area contributed by atoms with Crippen molar-refractivity contribution in [2.45, 2.75) is 51.5 Å². The summed E-state index contributed by atoms with van der Waals surface area (Å²) in [6.07, 6.45) is 7.88. The molecule has 122 valence electrons. The molecule has 3 atom stereocenters. The monoisotopic (exact) mass is 313 g/mol. The number of hydrogen-bond donors (Lipinski definition) is 1. The Morgan fingerprint density at radius 1 is 1.13 bits per heavy atom. The topological polar surface area (TPSA) is 41.8 Å². The van der Waals surface area contributed by atoms with Gasteiger partial charge >= 0.3 is 5.91 Å². The smallest absolute Gasteiger partial charge is 0.303 e. The molecule has 3 aliphatic rings. The molecular formula is C19H25N2O2+. The Balaban J connectivity index is 1.59. The Kier molecular flexibility index (Phi) is 3.72. The molecule has 0 spiro atoms. The number of nitrogens with one attached hydrogen (secondary N) is 1. The highest BCUT2D eigenvalue weighted by Crippen LogP contribution is 2.31. The SMILES string of the molecule is Cc1ccc2c(c1)C(=O)C(=O)N2C[NH+]1CCC[C@@H]2CCCC[C@@H]21. The van der Waals surface area contributed by atoms with Crippen molar-refractivity contribution in [2.24, 2.45) is 5.92 Å². The van der Waals surface area contributed by atoms with E-state index in [1.54, 1.807) is 4.90 Å². The summed E-state index contributed by atoms with van der Waals surface area (Å²) in [5.74, 6) is 0.148. The highest BCUT2D eigenvalue weighted by atomic mass is 16.2. The normalized spacial score (nSPS) is 30.3. The van der Waals surface area contributed by atoms with Crippen LogP contribution < -0.4 is 9.80 Å². The summed E-state index contributed by atoms with van der Waals surface area (Å²) >= 11 is 0. The Bertz CT molecular complexity index is 653. The van der Waals surface area contributed by atoms with E-state index in [2.05, 4.69) is 0 Å². The summed E-state index contributed by atoms with van der Waals surface area (Å²) in [7, 11) is 0. The number of carbonyl (C=O) groups is 2. The van der Waals surface area contributed by atoms with Gasteiger partial charge in [-0.05, 0) is 51.2 Å². The zero-order chi connectivity index (χ0) is 16.0. The first-order chi connectivity index (χ1) is 11.1. The first-order valence-corrected chi connectivity index (χ1v) is 8.96. The summed E-state index contributed by atoms with van der Waals surface area (Å²) in [5.41, 5.74) is 2.44. The third-order valence-corrected chi connectivity index (χ3v) is 5.99. The van der Waals surface area contributed by atoms with Crippen LogP contribution in [-0.4, -0.2) is 30.9 Å². The maximum Gasteiger partial charge on any atom is 0.303 e. The van der Waals surface area contributed by atoms with Gasteiger partial charge in [-0.3, -0.25) is 14.5 Å². The molecule has 4 rings (SSSR count). The number of amides is 1. The fourth-order valence-electron chi connectivity index (χ4n) is 4.84. The second-order valence-corrected chi connectivity index (χ2v) is 7.44. The maximum absolute atomic E-state index is 12.5.